The van der Waals surface area contributed by atoms with E-state index >= 15 is 0 Å². The lowest BCUT2D eigenvalue weighted by Crippen LogP contribution is -2.39. The van der Waals surface area contributed by atoms with Crippen molar-refractivity contribution in [1.29, 1.82) is 0 Å². The highest BCUT2D eigenvalue weighted by Crippen LogP contribution is 2.41. The minimum absolute atomic E-state index is 0.0164. The van der Waals surface area contributed by atoms with Gasteiger partial charge in [0.25, 0.3) is 5.91 Å². The molecule has 0 fully saturated rings. The minimum atomic E-state index is -0.0858. The van der Waals surface area contributed by atoms with E-state index in [1.54, 1.807) is 40.4 Å². The Labute approximate surface area is 410 Å². The topological polar surface area (TPSA) is 150 Å². The fraction of sp³-hybridized carbons (Fsp3) is 0.400. The molecule has 0 bridgehead atoms. The molecule has 370 valence electrons. The molecule has 5 aromatic rings. The Kier molecular flexibility index (Phi) is 16.8. The number of aldehydes is 1. The van der Waals surface area contributed by atoms with Crippen molar-refractivity contribution in [1.82, 2.24) is 0 Å². The first kappa shape index (κ1) is 49.6. The van der Waals surface area contributed by atoms with Gasteiger partial charge in [-0.25, -0.2) is 0 Å². The van der Waals surface area contributed by atoms with E-state index in [1.807, 2.05) is 41.3 Å². The highest BCUT2D eigenvalue weighted by Gasteiger charge is 2.38. The number of ketones is 1. The van der Waals surface area contributed by atoms with Gasteiger partial charge in [0.05, 0.1) is 70.6 Å². The molecule has 2 N–H and O–H groups in total. The standard InChI is InChI=1S/C55H65N5O10/c1-37(62)11-10-16-59(17-18-67-21-22-68-20-19-64-3)43-24-38(35-69-53-30-47(42(34-61)28-51(53)65-4)56-32-44-26-40-12-6-8-14-49(40)58(44)2)23-39(25-43)36-70-54-31-48-46(29-52(54)66-5)55(63)60-45(33-57-48)27-41-13-7-9-15-50(41)60/h6-9,12-15,23-25,28-31,34,44-45,56-57H,10-11,16-22,26-27,32-33,35-36H2,1-5H3/t44?,45-/m0/s1. The Morgan fingerprint density at radius 3 is 2.11 bits per heavy atom. The maximum absolute atomic E-state index is 14.2. The van der Waals surface area contributed by atoms with Crippen molar-refractivity contribution in [2.75, 3.05) is 113 Å². The van der Waals surface area contributed by atoms with Crippen LogP contribution in [0.3, 0.4) is 0 Å². The van der Waals surface area contributed by atoms with Crippen LogP contribution in [-0.2, 0) is 45.1 Å². The number of anilines is 5. The van der Waals surface area contributed by atoms with Crippen molar-refractivity contribution in [3.8, 4) is 23.0 Å². The van der Waals surface area contributed by atoms with E-state index in [1.165, 1.54) is 11.3 Å². The monoisotopic (exact) mass is 955 g/mol. The Morgan fingerprint density at radius 1 is 0.771 bits per heavy atom. The summed E-state index contributed by atoms with van der Waals surface area (Å²) in [5, 5.41) is 7.05. The molecular formula is C55H65N5O10. The predicted octanol–water partition coefficient (Wildman–Crippen LogP) is 8.00. The van der Waals surface area contributed by atoms with E-state index in [2.05, 4.69) is 69.9 Å². The van der Waals surface area contributed by atoms with Gasteiger partial charge in [-0.05, 0) is 90.9 Å². The zero-order chi connectivity index (χ0) is 49.0. The van der Waals surface area contributed by atoms with Gasteiger partial charge in [0, 0.05) is 87.2 Å². The lowest BCUT2D eigenvalue weighted by Gasteiger charge is -2.26. The molecule has 0 aliphatic carbocycles. The number of hydrogen-bond acceptors (Lipinski definition) is 14. The highest BCUT2D eigenvalue weighted by atomic mass is 16.5. The van der Waals surface area contributed by atoms with Crippen molar-refractivity contribution in [3.05, 3.63) is 124 Å². The number of methoxy groups -OCH3 is 3. The van der Waals surface area contributed by atoms with Gasteiger partial charge in [0.15, 0.2) is 29.3 Å². The molecule has 70 heavy (non-hydrogen) atoms. The average Bonchev–Trinajstić information content (AvgIpc) is 3.87. The Morgan fingerprint density at radius 2 is 1.43 bits per heavy atom. The lowest BCUT2D eigenvalue weighted by molar-refractivity contribution is -0.117. The van der Waals surface area contributed by atoms with Crippen LogP contribution in [0.4, 0.5) is 28.4 Å². The lowest BCUT2D eigenvalue weighted by atomic mass is 10.1. The summed E-state index contributed by atoms with van der Waals surface area (Å²) in [6.45, 7) is 6.61. The second-order valence-corrected chi connectivity index (χ2v) is 17.9. The summed E-state index contributed by atoms with van der Waals surface area (Å²) < 4.78 is 41.5. The Balaban J connectivity index is 1.04. The molecule has 15 nitrogen and oxygen atoms in total. The van der Waals surface area contributed by atoms with E-state index in [0.717, 1.165) is 47.2 Å². The Hall–Kier alpha value is -6.81. The third-order valence-corrected chi connectivity index (χ3v) is 13.2. The van der Waals surface area contributed by atoms with E-state index in [4.69, 9.17) is 33.2 Å². The number of nitrogens with one attached hydrogen (secondary N) is 2. The molecule has 1 amide bonds. The Bertz CT molecular complexity index is 2620. The van der Waals surface area contributed by atoms with E-state index < -0.39 is 0 Å². The smallest absolute Gasteiger partial charge is 0.260 e. The average molecular weight is 956 g/mol. The van der Waals surface area contributed by atoms with Crippen LogP contribution in [-0.4, -0.2) is 118 Å². The van der Waals surface area contributed by atoms with Gasteiger partial charge in [-0.2, -0.15) is 0 Å². The van der Waals surface area contributed by atoms with Crippen molar-refractivity contribution in [3.63, 3.8) is 0 Å². The molecule has 0 spiro atoms. The molecule has 3 heterocycles. The number of fused-ring (bicyclic) bond motifs is 5. The molecule has 0 saturated heterocycles. The minimum Gasteiger partial charge on any atom is -0.493 e. The largest absolute Gasteiger partial charge is 0.493 e. The SMILES string of the molecule is COCCOCCOCCN(CCCC(C)=O)c1cc(COc2cc(NCC3Cc4ccccc4N3C)c(C=O)cc2OC)cc(COc2cc3c(cc2OC)C(=O)N2c4ccccc4C[C@H]2CN3)c1. The highest BCUT2D eigenvalue weighted by molar-refractivity contribution is 6.12. The number of hydrogen-bond donors (Lipinski definition) is 2. The fourth-order valence-corrected chi connectivity index (χ4v) is 9.50. The maximum Gasteiger partial charge on any atom is 0.260 e. The van der Waals surface area contributed by atoms with Crippen LogP contribution in [0.2, 0.25) is 0 Å². The van der Waals surface area contributed by atoms with E-state index in [9.17, 15) is 14.4 Å². The molecule has 8 rings (SSSR count). The first-order chi connectivity index (χ1) is 34.2. The first-order valence-electron chi connectivity index (χ1n) is 24.0. The van der Waals surface area contributed by atoms with Crippen LogP contribution < -0.4 is 44.3 Å². The van der Waals surface area contributed by atoms with Crippen molar-refractivity contribution >= 4 is 46.4 Å². The first-order valence-corrected chi connectivity index (χ1v) is 24.0. The van der Waals surface area contributed by atoms with Crippen LogP contribution in [0.1, 0.15) is 62.7 Å². The molecule has 5 aromatic carbocycles. The number of benzene rings is 5. The van der Waals surface area contributed by atoms with Crippen molar-refractivity contribution < 1.29 is 47.5 Å². The van der Waals surface area contributed by atoms with Crippen LogP contribution in [0.5, 0.6) is 23.0 Å². The van der Waals surface area contributed by atoms with Crippen LogP contribution in [0.15, 0.2) is 91.0 Å². The molecule has 3 aliphatic heterocycles. The molecular weight excluding hydrogens is 891 g/mol. The predicted molar refractivity (Wildman–Crippen MR) is 272 cm³/mol. The van der Waals surface area contributed by atoms with Gasteiger partial charge in [-0.3, -0.25) is 9.59 Å². The number of para-hydroxylation sites is 2. The van der Waals surface area contributed by atoms with Crippen molar-refractivity contribution in [2.24, 2.45) is 0 Å². The number of amides is 1. The number of nitrogens with zero attached hydrogens (tertiary/aromatic N) is 3. The maximum atomic E-state index is 14.2. The molecule has 15 heteroatoms. The van der Waals surface area contributed by atoms with Gasteiger partial charge < -0.3 is 63.3 Å². The van der Waals surface area contributed by atoms with E-state index in [-0.39, 0.29) is 37.0 Å². The number of likely N-dealkylation sites (N-methyl/N-ethyl adjacent to an activating group) is 1. The van der Waals surface area contributed by atoms with Crippen LogP contribution in [0.25, 0.3) is 0 Å². The summed E-state index contributed by atoms with van der Waals surface area (Å²) in [4.78, 5) is 45.0. The molecule has 1 unspecified atom stereocenters. The molecule has 2 atom stereocenters. The third kappa shape index (κ3) is 11.8. The number of carbonyl (C=O) groups is 3. The third-order valence-electron chi connectivity index (χ3n) is 13.2. The number of carbonyl (C=O) groups excluding carboxylic acids is 3. The fourth-order valence-electron chi connectivity index (χ4n) is 9.50. The summed E-state index contributed by atoms with van der Waals surface area (Å²) in [6.07, 6.45) is 3.59. The summed E-state index contributed by atoms with van der Waals surface area (Å²) >= 11 is 0. The quantitative estimate of drug-likeness (QED) is 0.0407. The second kappa shape index (κ2) is 23.7. The zero-order valence-corrected chi connectivity index (χ0v) is 40.9. The summed E-state index contributed by atoms with van der Waals surface area (Å²) in [7, 11) is 6.87. The molecule has 3 aliphatic rings. The van der Waals surface area contributed by atoms with E-state index in [0.29, 0.717) is 118 Å². The van der Waals surface area contributed by atoms with Gasteiger partial charge >= 0.3 is 0 Å². The van der Waals surface area contributed by atoms with Gasteiger partial charge in [-0.1, -0.05) is 36.4 Å². The van der Waals surface area contributed by atoms with Gasteiger partial charge in [0.1, 0.15) is 19.0 Å². The normalized spacial score (nSPS) is 15.5. The number of ether oxygens (including phenoxy) is 7. The molecule has 0 aromatic heterocycles. The second-order valence-electron chi connectivity index (χ2n) is 17.9. The number of Topliss-reactive ketones (excluding diaryl/α,β-unsaturated/α-hetero) is 1. The van der Waals surface area contributed by atoms with Gasteiger partial charge in [0.2, 0.25) is 0 Å². The van der Waals surface area contributed by atoms with Crippen molar-refractivity contribution in [2.45, 2.75) is 57.9 Å². The summed E-state index contributed by atoms with van der Waals surface area (Å²) in [6, 6.07) is 30.0. The van der Waals surface area contributed by atoms with Crippen LogP contribution in [0, 0.1) is 0 Å². The summed E-state index contributed by atoms with van der Waals surface area (Å²) in [5.41, 5.74) is 9.51. The van der Waals surface area contributed by atoms with Gasteiger partial charge in [-0.15, -0.1) is 0 Å². The number of rotatable bonds is 26. The summed E-state index contributed by atoms with van der Waals surface area (Å²) in [5.74, 6) is 1.87. The molecule has 0 saturated carbocycles. The zero-order valence-electron chi connectivity index (χ0n) is 40.9. The van der Waals surface area contributed by atoms with Crippen LogP contribution >= 0.6 is 0 Å². The molecule has 0 radical (unpaired) electrons.